The lowest BCUT2D eigenvalue weighted by molar-refractivity contribution is -0.129. The quantitative estimate of drug-likeness (QED) is 0.596. The molecule has 1 aromatic rings. The van der Waals surface area contributed by atoms with Gasteiger partial charge in [0.1, 0.15) is 24.5 Å². The highest BCUT2D eigenvalue weighted by atomic mass is 16.5. The second-order valence-electron chi connectivity index (χ2n) is 6.35. The number of hydrogen-bond acceptors (Lipinski definition) is 5. The third kappa shape index (κ3) is 3.51. The van der Waals surface area contributed by atoms with E-state index in [0.29, 0.717) is 30.7 Å². The van der Waals surface area contributed by atoms with Gasteiger partial charge in [-0.05, 0) is 37.1 Å². The molecule has 25 heavy (non-hydrogen) atoms. The highest BCUT2D eigenvalue weighted by Crippen LogP contribution is 2.27. The minimum absolute atomic E-state index is 0.0389. The predicted molar refractivity (Wildman–Crippen MR) is 89.4 cm³/mol. The number of carbonyl (C=O) groups excluding carboxylic acids is 3. The molecule has 2 aliphatic rings. The average Bonchev–Trinajstić information content (AvgIpc) is 3.19. The lowest BCUT2D eigenvalue weighted by Gasteiger charge is -2.19. The van der Waals surface area contributed by atoms with Crippen LogP contribution in [-0.4, -0.2) is 64.5 Å². The van der Waals surface area contributed by atoms with Crippen molar-refractivity contribution in [3.05, 3.63) is 29.8 Å². The van der Waals surface area contributed by atoms with E-state index in [2.05, 4.69) is 0 Å². The number of β-amino-alcohol motifs (C(OH)–C–C–N with tert-alkyl or cyclic N) is 1. The van der Waals surface area contributed by atoms with E-state index in [1.807, 2.05) is 0 Å². The molecular weight excluding hydrogens is 324 g/mol. The number of amides is 3. The summed E-state index contributed by atoms with van der Waals surface area (Å²) in [7, 11) is 0. The molecule has 2 unspecified atom stereocenters. The van der Waals surface area contributed by atoms with Gasteiger partial charge >= 0.3 is 6.03 Å². The molecule has 7 nitrogen and oxygen atoms in total. The number of carbonyl (C=O) groups is 3. The first kappa shape index (κ1) is 17.4. The molecular formula is C18H22N2O5. The summed E-state index contributed by atoms with van der Waals surface area (Å²) in [5.41, 5.74) is 0.615. The van der Waals surface area contributed by atoms with Gasteiger partial charge in [-0.15, -0.1) is 0 Å². The summed E-state index contributed by atoms with van der Waals surface area (Å²) in [4.78, 5) is 38.7. The molecule has 134 valence electrons. The average molecular weight is 346 g/mol. The number of rotatable bonds is 7. The van der Waals surface area contributed by atoms with Crippen LogP contribution in [0, 0.1) is 0 Å². The molecule has 3 amide bonds. The Balaban J connectivity index is 1.51. The van der Waals surface area contributed by atoms with E-state index >= 15 is 0 Å². The van der Waals surface area contributed by atoms with Crippen LogP contribution < -0.4 is 4.74 Å². The summed E-state index contributed by atoms with van der Waals surface area (Å²) in [6, 6.07) is 6.00. The van der Waals surface area contributed by atoms with E-state index in [0.717, 1.165) is 11.3 Å². The number of ketones is 1. The Morgan fingerprint density at radius 3 is 2.68 bits per heavy atom. The van der Waals surface area contributed by atoms with Crippen LogP contribution in [0.25, 0.3) is 0 Å². The second kappa shape index (κ2) is 7.23. The van der Waals surface area contributed by atoms with E-state index in [4.69, 9.17) is 4.74 Å². The number of ether oxygens (including phenoxy) is 1. The van der Waals surface area contributed by atoms with Crippen molar-refractivity contribution in [2.75, 3.05) is 19.7 Å². The maximum absolute atomic E-state index is 12.2. The van der Waals surface area contributed by atoms with Crippen molar-refractivity contribution in [3.63, 3.8) is 0 Å². The minimum Gasteiger partial charge on any atom is -0.491 e. The molecule has 3 rings (SSSR count). The van der Waals surface area contributed by atoms with Crippen molar-refractivity contribution in [1.29, 1.82) is 0 Å². The number of fused-ring (bicyclic) bond motifs is 1. The zero-order valence-corrected chi connectivity index (χ0v) is 14.2. The van der Waals surface area contributed by atoms with Crippen LogP contribution in [0.2, 0.25) is 0 Å². The van der Waals surface area contributed by atoms with Crippen LogP contribution >= 0.6 is 0 Å². The molecule has 2 heterocycles. The molecule has 2 atom stereocenters. The Labute approximate surface area is 146 Å². The fourth-order valence-corrected chi connectivity index (χ4v) is 3.25. The lowest BCUT2D eigenvalue weighted by Crippen LogP contribution is -2.41. The van der Waals surface area contributed by atoms with Crippen molar-refractivity contribution >= 4 is 17.7 Å². The third-order valence-corrected chi connectivity index (χ3v) is 4.61. The summed E-state index contributed by atoms with van der Waals surface area (Å²) in [5, 5.41) is 10.1. The SMILES string of the molecule is CCC(=O)c1ccc(OCC(O)CN2C(=O)C3CCCN3C2=O)cc1. The fourth-order valence-electron chi connectivity index (χ4n) is 3.25. The van der Waals surface area contributed by atoms with Gasteiger partial charge in [0.25, 0.3) is 5.91 Å². The number of aliphatic hydroxyl groups excluding tert-OH is 1. The lowest BCUT2D eigenvalue weighted by atomic mass is 10.1. The molecule has 0 aromatic heterocycles. The maximum atomic E-state index is 12.2. The largest absolute Gasteiger partial charge is 0.491 e. The van der Waals surface area contributed by atoms with Gasteiger partial charge in [-0.2, -0.15) is 0 Å². The fraction of sp³-hybridized carbons (Fsp3) is 0.500. The van der Waals surface area contributed by atoms with Crippen molar-refractivity contribution in [2.45, 2.75) is 38.3 Å². The van der Waals surface area contributed by atoms with Gasteiger partial charge in [-0.25, -0.2) is 4.79 Å². The van der Waals surface area contributed by atoms with Gasteiger partial charge in [0.15, 0.2) is 5.78 Å². The third-order valence-electron chi connectivity index (χ3n) is 4.61. The topological polar surface area (TPSA) is 87.2 Å². The normalized spacial score (nSPS) is 20.8. The van der Waals surface area contributed by atoms with Crippen LogP contribution in [0.3, 0.4) is 0 Å². The van der Waals surface area contributed by atoms with Crippen molar-refractivity contribution in [1.82, 2.24) is 9.80 Å². The number of imide groups is 1. The van der Waals surface area contributed by atoms with Crippen molar-refractivity contribution in [2.24, 2.45) is 0 Å². The van der Waals surface area contributed by atoms with Crippen LogP contribution in [-0.2, 0) is 4.79 Å². The van der Waals surface area contributed by atoms with Gasteiger partial charge in [0.05, 0.1) is 6.54 Å². The molecule has 0 spiro atoms. The van der Waals surface area contributed by atoms with Crippen LogP contribution in [0.4, 0.5) is 4.79 Å². The first-order valence-electron chi connectivity index (χ1n) is 8.57. The number of hydrogen-bond donors (Lipinski definition) is 1. The maximum Gasteiger partial charge on any atom is 0.327 e. The van der Waals surface area contributed by atoms with E-state index in [1.165, 1.54) is 0 Å². The van der Waals surface area contributed by atoms with Crippen LogP contribution in [0.15, 0.2) is 24.3 Å². The Kier molecular flexibility index (Phi) is 5.03. The standard InChI is InChI=1S/C18H22N2O5/c1-2-16(22)12-5-7-14(8-6-12)25-11-13(21)10-20-17(23)15-4-3-9-19(15)18(20)24/h5-8,13,15,21H,2-4,9-11H2,1H3. The Morgan fingerprint density at radius 2 is 2.04 bits per heavy atom. The van der Waals surface area contributed by atoms with E-state index in [9.17, 15) is 19.5 Å². The first-order chi connectivity index (χ1) is 12.0. The zero-order chi connectivity index (χ0) is 18.0. The smallest absolute Gasteiger partial charge is 0.327 e. The van der Waals surface area contributed by atoms with Crippen molar-refractivity contribution in [3.8, 4) is 5.75 Å². The monoisotopic (exact) mass is 346 g/mol. The molecule has 1 N–H and O–H groups in total. The molecule has 1 aromatic carbocycles. The number of urea groups is 1. The van der Waals surface area contributed by atoms with Gasteiger partial charge in [-0.3, -0.25) is 14.5 Å². The summed E-state index contributed by atoms with van der Waals surface area (Å²) >= 11 is 0. The van der Waals surface area contributed by atoms with E-state index in [1.54, 1.807) is 36.1 Å². The molecule has 0 saturated carbocycles. The molecule has 0 bridgehead atoms. The van der Waals surface area contributed by atoms with Crippen molar-refractivity contribution < 1.29 is 24.2 Å². The van der Waals surface area contributed by atoms with Gasteiger partial charge < -0.3 is 14.7 Å². The Morgan fingerprint density at radius 1 is 1.32 bits per heavy atom. The number of Topliss-reactive ketones (excluding diaryl/α,β-unsaturated/α-hetero) is 1. The predicted octanol–water partition coefficient (Wildman–Crippen LogP) is 1.45. The summed E-state index contributed by atoms with van der Waals surface area (Å²) in [6.07, 6.45) is 1.01. The van der Waals surface area contributed by atoms with Gasteiger partial charge in [-0.1, -0.05) is 6.92 Å². The minimum atomic E-state index is -0.968. The number of benzene rings is 1. The van der Waals surface area contributed by atoms with Gasteiger partial charge in [0.2, 0.25) is 0 Å². The zero-order valence-electron chi connectivity index (χ0n) is 14.2. The van der Waals surface area contributed by atoms with Gasteiger partial charge in [0, 0.05) is 18.5 Å². The molecule has 2 aliphatic heterocycles. The highest BCUT2D eigenvalue weighted by Gasteiger charge is 2.47. The molecule has 0 radical (unpaired) electrons. The van der Waals surface area contributed by atoms with E-state index in [-0.39, 0.29) is 36.9 Å². The highest BCUT2D eigenvalue weighted by molar-refractivity contribution is 6.04. The van der Waals surface area contributed by atoms with Crippen LogP contribution in [0.1, 0.15) is 36.5 Å². The molecule has 2 fully saturated rings. The molecule has 0 aliphatic carbocycles. The Hall–Kier alpha value is -2.41. The molecule has 7 heteroatoms. The summed E-state index contributed by atoms with van der Waals surface area (Å²) in [5.74, 6) is 0.341. The summed E-state index contributed by atoms with van der Waals surface area (Å²) < 4.78 is 5.49. The number of nitrogens with zero attached hydrogens (tertiary/aromatic N) is 2. The second-order valence-corrected chi connectivity index (χ2v) is 6.35. The number of aliphatic hydroxyl groups is 1. The first-order valence-corrected chi connectivity index (χ1v) is 8.57. The summed E-state index contributed by atoms with van der Waals surface area (Å²) in [6.45, 7) is 2.29. The Bertz CT molecular complexity index is 651. The van der Waals surface area contributed by atoms with Crippen LogP contribution in [0.5, 0.6) is 5.75 Å². The molecule has 2 saturated heterocycles. The van der Waals surface area contributed by atoms with E-state index < -0.39 is 6.10 Å².